The fourth-order valence-electron chi connectivity index (χ4n) is 3.98. The molecule has 2 N–H and O–H groups in total. The van der Waals surface area contributed by atoms with Gasteiger partial charge in [-0.1, -0.05) is 6.92 Å². The van der Waals surface area contributed by atoms with Crippen LogP contribution in [0.1, 0.15) is 52.9 Å². The van der Waals surface area contributed by atoms with E-state index in [1.54, 1.807) is 0 Å². The van der Waals surface area contributed by atoms with Gasteiger partial charge in [0.15, 0.2) is 0 Å². The van der Waals surface area contributed by atoms with E-state index in [2.05, 4.69) is 42.9 Å². The molecule has 2 rings (SSSR count). The van der Waals surface area contributed by atoms with Gasteiger partial charge in [0.2, 0.25) is 0 Å². The topological polar surface area (TPSA) is 38.7 Å². The Hall–Kier alpha value is -0.160. The Balaban J connectivity index is 2.00. The van der Waals surface area contributed by atoms with E-state index in [-0.39, 0.29) is 17.7 Å². The number of likely N-dealkylation sites (N-methyl/N-ethyl adjacent to an activating group) is 1. The lowest BCUT2D eigenvalue weighted by Gasteiger charge is -2.51. The zero-order valence-corrected chi connectivity index (χ0v) is 14.5. The first kappa shape index (κ1) is 17.2. The first-order valence-electron chi connectivity index (χ1n) is 8.74. The Morgan fingerprint density at radius 1 is 1.29 bits per heavy atom. The minimum Gasteiger partial charge on any atom is -0.394 e. The SMILES string of the molecule is CCCNC1(CO)CCCC(N2CCN(C)C(C)(C)C2)C1. The van der Waals surface area contributed by atoms with E-state index in [0.717, 1.165) is 38.9 Å². The normalized spacial score (nSPS) is 35.0. The second-order valence-corrected chi connectivity index (χ2v) is 7.82. The van der Waals surface area contributed by atoms with E-state index in [9.17, 15) is 5.11 Å². The molecule has 0 radical (unpaired) electrons. The quantitative estimate of drug-likeness (QED) is 0.810. The molecule has 0 aromatic heterocycles. The molecule has 2 fully saturated rings. The lowest BCUT2D eigenvalue weighted by Crippen LogP contribution is -2.63. The van der Waals surface area contributed by atoms with Gasteiger partial charge in [-0.25, -0.2) is 0 Å². The van der Waals surface area contributed by atoms with Gasteiger partial charge in [0.05, 0.1) is 6.61 Å². The molecular weight excluding hydrogens is 262 g/mol. The summed E-state index contributed by atoms with van der Waals surface area (Å²) in [5.74, 6) is 0. The number of aliphatic hydroxyl groups excluding tert-OH is 1. The van der Waals surface area contributed by atoms with Crippen molar-refractivity contribution < 1.29 is 5.11 Å². The van der Waals surface area contributed by atoms with Crippen LogP contribution in [0.3, 0.4) is 0 Å². The van der Waals surface area contributed by atoms with Gasteiger partial charge in [-0.15, -0.1) is 0 Å². The molecular formula is C17H35N3O. The van der Waals surface area contributed by atoms with Crippen LogP contribution >= 0.6 is 0 Å². The maximum atomic E-state index is 9.94. The van der Waals surface area contributed by atoms with Gasteiger partial charge in [0.1, 0.15) is 0 Å². The van der Waals surface area contributed by atoms with E-state index in [0.29, 0.717) is 6.04 Å². The monoisotopic (exact) mass is 297 g/mol. The molecule has 0 amide bonds. The summed E-state index contributed by atoms with van der Waals surface area (Å²) >= 11 is 0. The van der Waals surface area contributed by atoms with Crippen LogP contribution in [0, 0.1) is 0 Å². The highest BCUT2D eigenvalue weighted by Crippen LogP contribution is 2.33. The Morgan fingerprint density at radius 3 is 2.67 bits per heavy atom. The molecule has 2 unspecified atom stereocenters. The molecule has 2 aliphatic rings. The Morgan fingerprint density at radius 2 is 2.05 bits per heavy atom. The van der Waals surface area contributed by atoms with Crippen molar-refractivity contribution in [3.05, 3.63) is 0 Å². The summed E-state index contributed by atoms with van der Waals surface area (Å²) in [6.45, 7) is 11.6. The maximum Gasteiger partial charge on any atom is 0.0613 e. The molecule has 2 atom stereocenters. The Bertz CT molecular complexity index is 334. The first-order chi connectivity index (χ1) is 9.92. The number of hydrogen-bond donors (Lipinski definition) is 2. The van der Waals surface area contributed by atoms with Crippen molar-refractivity contribution in [3.8, 4) is 0 Å². The smallest absolute Gasteiger partial charge is 0.0613 e. The summed E-state index contributed by atoms with van der Waals surface area (Å²) in [4.78, 5) is 5.15. The number of hydrogen-bond acceptors (Lipinski definition) is 4. The summed E-state index contributed by atoms with van der Waals surface area (Å²) in [6, 6.07) is 0.628. The molecule has 0 bridgehead atoms. The summed E-state index contributed by atoms with van der Waals surface area (Å²) in [6.07, 6.45) is 5.87. The summed E-state index contributed by atoms with van der Waals surface area (Å²) < 4.78 is 0. The van der Waals surface area contributed by atoms with Crippen LogP contribution < -0.4 is 5.32 Å². The van der Waals surface area contributed by atoms with Gasteiger partial charge in [0.25, 0.3) is 0 Å². The molecule has 1 aliphatic heterocycles. The van der Waals surface area contributed by atoms with Gasteiger partial charge < -0.3 is 10.4 Å². The second kappa shape index (κ2) is 6.95. The van der Waals surface area contributed by atoms with E-state index < -0.39 is 0 Å². The molecule has 1 heterocycles. The molecule has 124 valence electrons. The van der Waals surface area contributed by atoms with Gasteiger partial charge in [-0.05, 0) is 59.5 Å². The maximum absolute atomic E-state index is 9.94. The third-order valence-electron chi connectivity index (χ3n) is 5.73. The third kappa shape index (κ3) is 3.98. The minimum absolute atomic E-state index is 0.0353. The fraction of sp³-hybridized carbons (Fsp3) is 1.00. The molecule has 0 aromatic rings. The average molecular weight is 297 g/mol. The summed E-state index contributed by atoms with van der Waals surface area (Å²) in [5, 5.41) is 13.6. The predicted molar refractivity (Wildman–Crippen MR) is 88.6 cm³/mol. The molecule has 1 saturated carbocycles. The standard InChI is InChI=1S/C17H35N3O/c1-5-9-18-17(14-21)8-6-7-15(12-17)20-11-10-19(4)16(2,3)13-20/h15,18,21H,5-14H2,1-4H3. The van der Waals surface area contributed by atoms with E-state index >= 15 is 0 Å². The molecule has 1 saturated heterocycles. The predicted octanol–water partition coefficient (Wildman–Crippen LogP) is 1.69. The van der Waals surface area contributed by atoms with E-state index in [1.807, 2.05) is 0 Å². The highest BCUT2D eigenvalue weighted by molar-refractivity contribution is 4.99. The van der Waals surface area contributed by atoms with Gasteiger partial charge in [0, 0.05) is 36.8 Å². The largest absolute Gasteiger partial charge is 0.394 e. The average Bonchev–Trinajstić information content (AvgIpc) is 2.48. The van der Waals surface area contributed by atoms with Gasteiger partial charge >= 0.3 is 0 Å². The van der Waals surface area contributed by atoms with Crippen LogP contribution in [-0.4, -0.2) is 71.9 Å². The molecule has 21 heavy (non-hydrogen) atoms. The van der Waals surface area contributed by atoms with Crippen molar-refractivity contribution in [3.63, 3.8) is 0 Å². The lowest BCUT2D eigenvalue weighted by molar-refractivity contribution is -0.0118. The van der Waals surface area contributed by atoms with Gasteiger partial charge in [-0.2, -0.15) is 0 Å². The molecule has 4 heteroatoms. The van der Waals surface area contributed by atoms with Crippen LogP contribution in [0.4, 0.5) is 0 Å². The number of nitrogens with one attached hydrogen (secondary N) is 1. The highest BCUT2D eigenvalue weighted by atomic mass is 16.3. The van der Waals surface area contributed by atoms with Crippen LogP contribution in [-0.2, 0) is 0 Å². The Labute approximate surface area is 130 Å². The van der Waals surface area contributed by atoms with Crippen LogP contribution in [0.15, 0.2) is 0 Å². The number of piperazine rings is 1. The lowest BCUT2D eigenvalue weighted by atomic mass is 9.78. The molecule has 0 aromatic carbocycles. The van der Waals surface area contributed by atoms with Crippen LogP contribution in [0.5, 0.6) is 0 Å². The number of rotatable bonds is 5. The van der Waals surface area contributed by atoms with Crippen LogP contribution in [0.25, 0.3) is 0 Å². The van der Waals surface area contributed by atoms with Crippen molar-refractivity contribution in [2.45, 2.75) is 70.0 Å². The zero-order chi connectivity index (χ0) is 15.5. The van der Waals surface area contributed by atoms with Crippen molar-refractivity contribution in [1.29, 1.82) is 0 Å². The molecule has 1 aliphatic carbocycles. The second-order valence-electron chi connectivity index (χ2n) is 7.82. The Kier molecular flexibility index (Phi) is 5.69. The number of aliphatic hydroxyl groups is 1. The summed E-state index contributed by atoms with van der Waals surface area (Å²) in [5.41, 5.74) is 0.223. The van der Waals surface area contributed by atoms with Crippen molar-refractivity contribution in [1.82, 2.24) is 15.1 Å². The fourth-order valence-corrected chi connectivity index (χ4v) is 3.98. The zero-order valence-electron chi connectivity index (χ0n) is 14.5. The summed E-state index contributed by atoms with van der Waals surface area (Å²) in [7, 11) is 2.24. The minimum atomic E-state index is -0.0353. The van der Waals surface area contributed by atoms with E-state index in [4.69, 9.17) is 0 Å². The van der Waals surface area contributed by atoms with Crippen molar-refractivity contribution >= 4 is 0 Å². The first-order valence-corrected chi connectivity index (χ1v) is 8.74. The molecule has 4 nitrogen and oxygen atoms in total. The van der Waals surface area contributed by atoms with E-state index in [1.165, 1.54) is 19.4 Å². The molecule has 0 spiro atoms. The third-order valence-corrected chi connectivity index (χ3v) is 5.73. The number of nitrogens with zero attached hydrogens (tertiary/aromatic N) is 2. The highest BCUT2D eigenvalue weighted by Gasteiger charge is 2.40. The van der Waals surface area contributed by atoms with Crippen molar-refractivity contribution in [2.75, 3.05) is 39.8 Å². The van der Waals surface area contributed by atoms with Crippen molar-refractivity contribution in [2.24, 2.45) is 0 Å². The van der Waals surface area contributed by atoms with Crippen LogP contribution in [0.2, 0.25) is 0 Å². The van der Waals surface area contributed by atoms with Gasteiger partial charge in [-0.3, -0.25) is 9.80 Å².